The molecule has 0 unspecified atom stereocenters. The third-order valence-electron chi connectivity index (χ3n) is 4.55. The number of rotatable bonds is 8. The highest BCUT2D eigenvalue weighted by atomic mass is 35.5. The largest absolute Gasteiger partial charge is 0.497 e. The molecule has 0 aliphatic heterocycles. The predicted molar refractivity (Wildman–Crippen MR) is 131 cm³/mol. The topological polar surface area (TPSA) is 88.1 Å². The zero-order valence-electron chi connectivity index (χ0n) is 17.8. The van der Waals surface area contributed by atoms with E-state index in [9.17, 15) is 13.2 Å². The Morgan fingerprint density at radius 2 is 1.64 bits per heavy atom. The molecule has 0 heterocycles. The maximum Gasteiger partial charge on any atom is 0.264 e. The van der Waals surface area contributed by atoms with Crippen LogP contribution in [0.1, 0.15) is 11.1 Å². The van der Waals surface area contributed by atoms with Crippen LogP contribution < -0.4 is 14.5 Å². The van der Waals surface area contributed by atoms with Gasteiger partial charge in [-0.15, -0.1) is 0 Å². The summed E-state index contributed by atoms with van der Waals surface area (Å²) in [5.74, 6) is 0.0415. The number of halogens is 2. The summed E-state index contributed by atoms with van der Waals surface area (Å²) in [6.45, 7) is 1.31. The summed E-state index contributed by atoms with van der Waals surface area (Å²) in [5, 5.41) is 4.38. The fourth-order valence-corrected chi connectivity index (χ4v) is 4.79. The molecule has 1 amide bonds. The Labute approximate surface area is 202 Å². The molecule has 0 aliphatic carbocycles. The number of aryl methyl sites for hydroxylation is 1. The van der Waals surface area contributed by atoms with Gasteiger partial charge in [0.15, 0.2) is 0 Å². The van der Waals surface area contributed by atoms with Crippen LogP contribution in [0, 0.1) is 6.92 Å². The molecule has 0 bridgehead atoms. The van der Waals surface area contributed by atoms with Crippen LogP contribution >= 0.6 is 23.2 Å². The van der Waals surface area contributed by atoms with Crippen molar-refractivity contribution >= 4 is 51.0 Å². The molecule has 0 atom stereocenters. The van der Waals surface area contributed by atoms with Gasteiger partial charge in [-0.2, -0.15) is 5.10 Å². The standard InChI is InChI=1S/C23H21Cl2N3O4S/c1-16-3-9-22(10-4-16)33(30,31)28(20-12-18(24)11-19(25)13-20)15-23(29)27-26-14-17-5-7-21(32-2)8-6-17/h3-14H,15H2,1-2H3,(H,27,29)/b26-14-. The van der Waals surface area contributed by atoms with Crippen LogP contribution in [0.2, 0.25) is 10.0 Å². The van der Waals surface area contributed by atoms with E-state index in [1.165, 1.54) is 36.5 Å². The van der Waals surface area contributed by atoms with Gasteiger partial charge in [-0.25, -0.2) is 13.8 Å². The summed E-state index contributed by atoms with van der Waals surface area (Å²) < 4.78 is 32.8. The first-order chi connectivity index (χ1) is 15.7. The van der Waals surface area contributed by atoms with E-state index >= 15 is 0 Å². The summed E-state index contributed by atoms with van der Waals surface area (Å²) in [7, 11) is -2.53. The van der Waals surface area contributed by atoms with Gasteiger partial charge in [0, 0.05) is 10.0 Å². The molecule has 1 N–H and O–H groups in total. The first kappa shape index (κ1) is 24.6. The van der Waals surface area contributed by atoms with Crippen LogP contribution in [0.4, 0.5) is 5.69 Å². The molecule has 10 heteroatoms. The Balaban J connectivity index is 1.85. The molecule has 7 nitrogen and oxygen atoms in total. The highest BCUT2D eigenvalue weighted by Crippen LogP contribution is 2.29. The second-order valence-corrected chi connectivity index (χ2v) is 9.75. The van der Waals surface area contributed by atoms with E-state index in [-0.39, 0.29) is 20.6 Å². The second kappa shape index (κ2) is 10.7. The van der Waals surface area contributed by atoms with Crippen molar-refractivity contribution in [3.8, 4) is 5.75 Å². The average Bonchev–Trinajstić information content (AvgIpc) is 2.77. The van der Waals surface area contributed by atoms with Gasteiger partial charge in [-0.3, -0.25) is 9.10 Å². The molecule has 33 heavy (non-hydrogen) atoms. The Morgan fingerprint density at radius 3 is 2.21 bits per heavy atom. The summed E-state index contributed by atoms with van der Waals surface area (Å²) in [4.78, 5) is 12.6. The number of carbonyl (C=O) groups excluding carboxylic acids is 1. The van der Waals surface area contributed by atoms with Crippen molar-refractivity contribution in [2.24, 2.45) is 5.10 Å². The second-order valence-electron chi connectivity index (χ2n) is 7.02. The van der Waals surface area contributed by atoms with Crippen LogP contribution in [0.5, 0.6) is 5.75 Å². The molecule has 0 fully saturated rings. The van der Waals surface area contributed by atoms with E-state index in [2.05, 4.69) is 10.5 Å². The third-order valence-corrected chi connectivity index (χ3v) is 6.77. The van der Waals surface area contributed by atoms with Crippen LogP contribution in [-0.2, 0) is 14.8 Å². The van der Waals surface area contributed by atoms with Gasteiger partial charge in [0.1, 0.15) is 12.3 Å². The zero-order chi connectivity index (χ0) is 24.0. The molecule has 0 spiro atoms. The lowest BCUT2D eigenvalue weighted by molar-refractivity contribution is -0.119. The Bertz CT molecular complexity index is 1240. The Morgan fingerprint density at radius 1 is 1.03 bits per heavy atom. The molecule has 3 aromatic rings. The van der Waals surface area contributed by atoms with Crippen molar-refractivity contribution < 1.29 is 17.9 Å². The highest BCUT2D eigenvalue weighted by molar-refractivity contribution is 7.92. The molecule has 0 radical (unpaired) electrons. The van der Waals surface area contributed by atoms with Gasteiger partial charge in [0.2, 0.25) is 0 Å². The Hall–Kier alpha value is -3.07. The first-order valence-corrected chi connectivity index (χ1v) is 11.9. The fraction of sp³-hybridized carbons (Fsp3) is 0.130. The number of benzene rings is 3. The van der Waals surface area contributed by atoms with E-state index in [1.54, 1.807) is 43.5 Å². The van der Waals surface area contributed by atoms with Gasteiger partial charge in [-0.05, 0) is 67.1 Å². The highest BCUT2D eigenvalue weighted by Gasteiger charge is 2.27. The van der Waals surface area contributed by atoms with Crippen molar-refractivity contribution in [1.29, 1.82) is 0 Å². The SMILES string of the molecule is COc1ccc(/C=N\NC(=O)CN(c2cc(Cl)cc(Cl)c2)S(=O)(=O)c2ccc(C)cc2)cc1. The average molecular weight is 506 g/mol. The van der Waals surface area contributed by atoms with Crippen molar-refractivity contribution in [2.45, 2.75) is 11.8 Å². The first-order valence-electron chi connectivity index (χ1n) is 9.70. The molecule has 3 rings (SSSR count). The number of methoxy groups -OCH3 is 1. The summed E-state index contributed by atoms with van der Waals surface area (Å²) >= 11 is 12.2. The molecule has 0 aromatic heterocycles. The number of hydrogen-bond acceptors (Lipinski definition) is 5. The molecular formula is C23H21Cl2N3O4S. The molecule has 0 aliphatic rings. The van der Waals surface area contributed by atoms with Gasteiger partial charge in [0.25, 0.3) is 15.9 Å². The van der Waals surface area contributed by atoms with E-state index in [4.69, 9.17) is 27.9 Å². The number of hydrazone groups is 1. The summed E-state index contributed by atoms with van der Waals surface area (Å²) in [6, 6.07) is 17.7. The van der Waals surface area contributed by atoms with E-state index < -0.39 is 22.5 Å². The minimum absolute atomic E-state index is 0.0266. The molecule has 0 saturated heterocycles. The minimum atomic E-state index is -4.09. The third kappa shape index (κ3) is 6.47. The van der Waals surface area contributed by atoms with Crippen LogP contribution in [-0.4, -0.2) is 34.2 Å². The zero-order valence-corrected chi connectivity index (χ0v) is 20.2. The van der Waals surface area contributed by atoms with Gasteiger partial charge < -0.3 is 4.74 Å². The lowest BCUT2D eigenvalue weighted by Crippen LogP contribution is -2.39. The predicted octanol–water partition coefficient (Wildman–Crippen LogP) is 4.66. The van der Waals surface area contributed by atoms with Gasteiger partial charge in [0.05, 0.1) is 23.9 Å². The van der Waals surface area contributed by atoms with Crippen molar-refractivity contribution in [2.75, 3.05) is 18.0 Å². The summed E-state index contributed by atoms with van der Waals surface area (Å²) in [5.41, 5.74) is 4.13. The maximum atomic E-state index is 13.4. The smallest absolute Gasteiger partial charge is 0.264 e. The fourth-order valence-electron chi connectivity index (χ4n) is 2.87. The minimum Gasteiger partial charge on any atom is -0.497 e. The molecule has 172 valence electrons. The summed E-state index contributed by atoms with van der Waals surface area (Å²) in [6.07, 6.45) is 1.44. The van der Waals surface area contributed by atoms with E-state index in [0.29, 0.717) is 5.75 Å². The Kier molecular flexibility index (Phi) is 7.97. The number of hydrogen-bond donors (Lipinski definition) is 1. The van der Waals surface area contributed by atoms with Crippen molar-refractivity contribution in [3.63, 3.8) is 0 Å². The number of carbonyl (C=O) groups is 1. The molecule has 3 aromatic carbocycles. The monoisotopic (exact) mass is 505 g/mol. The van der Waals surface area contributed by atoms with Crippen LogP contribution in [0.3, 0.4) is 0 Å². The molecular weight excluding hydrogens is 485 g/mol. The van der Waals surface area contributed by atoms with Crippen LogP contribution in [0.25, 0.3) is 0 Å². The number of anilines is 1. The quantitative estimate of drug-likeness (QED) is 0.356. The van der Waals surface area contributed by atoms with E-state index in [0.717, 1.165) is 15.4 Å². The van der Waals surface area contributed by atoms with Gasteiger partial charge in [-0.1, -0.05) is 40.9 Å². The number of nitrogens with one attached hydrogen (secondary N) is 1. The van der Waals surface area contributed by atoms with Gasteiger partial charge >= 0.3 is 0 Å². The number of amides is 1. The number of sulfonamides is 1. The maximum absolute atomic E-state index is 13.4. The lowest BCUT2D eigenvalue weighted by atomic mass is 10.2. The molecule has 0 saturated carbocycles. The number of nitrogens with zero attached hydrogens (tertiary/aromatic N) is 2. The lowest BCUT2D eigenvalue weighted by Gasteiger charge is -2.24. The van der Waals surface area contributed by atoms with Crippen LogP contribution in [0.15, 0.2) is 76.7 Å². The number of ether oxygens (including phenoxy) is 1. The van der Waals surface area contributed by atoms with Crippen molar-refractivity contribution in [1.82, 2.24) is 5.43 Å². The normalized spacial score (nSPS) is 11.4. The van der Waals surface area contributed by atoms with Crippen molar-refractivity contribution in [3.05, 3.63) is 87.9 Å². The van der Waals surface area contributed by atoms with E-state index in [1.807, 2.05) is 6.92 Å².